The summed E-state index contributed by atoms with van der Waals surface area (Å²) in [5.74, 6) is 0.177. The molecule has 0 aliphatic carbocycles. The molecular weight excluding hydrogens is 306 g/mol. The number of thioether (sulfide) groups is 1. The first-order valence-corrected chi connectivity index (χ1v) is 8.32. The van der Waals surface area contributed by atoms with E-state index >= 15 is 0 Å². The molecule has 0 radical (unpaired) electrons. The molecule has 0 saturated carbocycles. The highest BCUT2D eigenvalue weighted by atomic mass is 32.2. The van der Waals surface area contributed by atoms with E-state index in [4.69, 9.17) is 0 Å². The molecule has 1 aromatic carbocycles. The molecule has 4 nitrogen and oxygen atoms in total. The number of rotatable bonds is 5. The molecule has 0 aliphatic heterocycles. The largest absolute Gasteiger partial charge is 0.351 e. The number of carbonyl (C=O) groups excluding carboxylic acids is 1. The predicted molar refractivity (Wildman–Crippen MR) is 92.2 cm³/mol. The molecule has 23 heavy (non-hydrogen) atoms. The van der Waals surface area contributed by atoms with E-state index in [1.807, 2.05) is 51.1 Å². The lowest BCUT2D eigenvalue weighted by molar-refractivity contribution is -0.118. The van der Waals surface area contributed by atoms with Crippen LogP contribution in [0.25, 0.3) is 0 Å². The lowest BCUT2D eigenvalue weighted by Crippen LogP contribution is -2.24. The molecular formula is C18H19N3OS. The van der Waals surface area contributed by atoms with Gasteiger partial charge in [-0.05, 0) is 37.5 Å². The zero-order chi connectivity index (χ0) is 16.8. The first kappa shape index (κ1) is 17.0. The molecule has 5 heteroatoms. The average molecular weight is 325 g/mol. The van der Waals surface area contributed by atoms with Crippen molar-refractivity contribution in [2.45, 2.75) is 32.3 Å². The molecule has 2 aromatic rings. The zero-order valence-electron chi connectivity index (χ0n) is 13.5. The lowest BCUT2D eigenvalue weighted by Gasteiger charge is -2.11. The van der Waals surface area contributed by atoms with Crippen LogP contribution in [0.1, 0.15) is 27.9 Å². The van der Waals surface area contributed by atoms with Gasteiger partial charge < -0.3 is 5.32 Å². The molecule has 2 rings (SSSR count). The van der Waals surface area contributed by atoms with Crippen LogP contribution in [0.4, 0.5) is 0 Å². The fourth-order valence-electron chi connectivity index (χ4n) is 2.13. The second kappa shape index (κ2) is 7.80. The molecule has 1 aromatic heterocycles. The third-order valence-electron chi connectivity index (χ3n) is 3.75. The summed E-state index contributed by atoms with van der Waals surface area (Å²) in [6, 6.07) is 12.0. The maximum atomic E-state index is 12.0. The van der Waals surface area contributed by atoms with Crippen molar-refractivity contribution < 1.29 is 4.79 Å². The Bertz CT molecular complexity index is 751. The number of nitrogens with one attached hydrogen (secondary N) is 1. The lowest BCUT2D eigenvalue weighted by atomic mass is 10.1. The van der Waals surface area contributed by atoms with E-state index in [1.165, 1.54) is 11.8 Å². The number of amides is 1. The number of pyridine rings is 1. The number of nitrogens with zero attached hydrogens (tertiary/aromatic N) is 2. The summed E-state index contributed by atoms with van der Waals surface area (Å²) in [4.78, 5) is 16.4. The van der Waals surface area contributed by atoms with E-state index in [-0.39, 0.29) is 11.7 Å². The van der Waals surface area contributed by atoms with Gasteiger partial charge >= 0.3 is 0 Å². The highest BCUT2D eigenvalue weighted by Gasteiger charge is 2.14. The van der Waals surface area contributed by atoms with Crippen molar-refractivity contribution in [2.75, 3.05) is 5.75 Å². The van der Waals surface area contributed by atoms with Crippen molar-refractivity contribution >= 4 is 17.7 Å². The van der Waals surface area contributed by atoms with Crippen LogP contribution in [0.3, 0.4) is 0 Å². The molecule has 0 saturated heterocycles. The van der Waals surface area contributed by atoms with Crippen LogP contribution in [0.2, 0.25) is 0 Å². The number of aromatic nitrogens is 1. The molecule has 0 bridgehead atoms. The monoisotopic (exact) mass is 325 g/mol. The summed E-state index contributed by atoms with van der Waals surface area (Å²) in [5, 5.41) is 12.8. The van der Waals surface area contributed by atoms with Gasteiger partial charge in [0.25, 0.3) is 0 Å². The van der Waals surface area contributed by atoms with Crippen molar-refractivity contribution in [3.8, 4) is 6.07 Å². The Morgan fingerprint density at radius 2 is 1.91 bits per heavy atom. The number of benzene rings is 1. The molecule has 0 fully saturated rings. The molecule has 118 valence electrons. The topological polar surface area (TPSA) is 65.8 Å². The number of hydrogen-bond acceptors (Lipinski definition) is 4. The average Bonchev–Trinajstić information content (AvgIpc) is 2.57. The Hall–Kier alpha value is -2.32. The summed E-state index contributed by atoms with van der Waals surface area (Å²) in [7, 11) is 0. The van der Waals surface area contributed by atoms with Gasteiger partial charge in [0.15, 0.2) is 0 Å². The van der Waals surface area contributed by atoms with Crippen molar-refractivity contribution in [1.29, 1.82) is 5.26 Å². The molecule has 1 amide bonds. The molecule has 0 atom stereocenters. The molecule has 1 heterocycles. The summed E-state index contributed by atoms with van der Waals surface area (Å²) in [6.45, 7) is 6.30. The Labute approximate surface area is 140 Å². The highest BCUT2D eigenvalue weighted by Crippen LogP contribution is 2.26. The maximum Gasteiger partial charge on any atom is 0.230 e. The van der Waals surface area contributed by atoms with Gasteiger partial charge in [-0.1, -0.05) is 42.1 Å². The van der Waals surface area contributed by atoms with E-state index in [9.17, 15) is 10.1 Å². The van der Waals surface area contributed by atoms with Gasteiger partial charge in [-0.15, -0.1) is 0 Å². The van der Waals surface area contributed by atoms with Gasteiger partial charge in [-0.3, -0.25) is 4.79 Å². The number of hydrogen-bond donors (Lipinski definition) is 1. The minimum Gasteiger partial charge on any atom is -0.351 e. The van der Waals surface area contributed by atoms with Crippen molar-refractivity contribution in [2.24, 2.45) is 0 Å². The van der Waals surface area contributed by atoms with E-state index in [0.717, 1.165) is 22.4 Å². The molecule has 0 spiro atoms. The maximum absolute atomic E-state index is 12.0. The van der Waals surface area contributed by atoms with E-state index in [1.54, 1.807) is 0 Å². The van der Waals surface area contributed by atoms with Gasteiger partial charge in [0, 0.05) is 12.2 Å². The van der Waals surface area contributed by atoms with Crippen molar-refractivity contribution in [3.05, 3.63) is 58.3 Å². The minimum atomic E-state index is -0.0691. The van der Waals surface area contributed by atoms with Crippen LogP contribution in [-0.4, -0.2) is 16.6 Å². The third-order valence-corrected chi connectivity index (χ3v) is 4.72. The summed E-state index contributed by atoms with van der Waals surface area (Å²) in [5.41, 5.74) is 4.48. The van der Waals surface area contributed by atoms with Gasteiger partial charge in [0.1, 0.15) is 11.1 Å². The SMILES string of the molecule is Cc1nc(SCC(=O)NCc2ccccc2)c(C#N)c(C)c1C. The second-order valence-electron chi connectivity index (χ2n) is 5.29. The fourth-order valence-corrected chi connectivity index (χ4v) is 3.04. The van der Waals surface area contributed by atoms with Crippen molar-refractivity contribution in [3.63, 3.8) is 0 Å². The van der Waals surface area contributed by atoms with Crippen LogP contribution in [0.15, 0.2) is 35.4 Å². The van der Waals surface area contributed by atoms with E-state index < -0.39 is 0 Å². The number of aryl methyl sites for hydroxylation is 1. The minimum absolute atomic E-state index is 0.0691. The van der Waals surface area contributed by atoms with Gasteiger partial charge in [0.05, 0.1) is 11.3 Å². The zero-order valence-corrected chi connectivity index (χ0v) is 14.3. The highest BCUT2D eigenvalue weighted by molar-refractivity contribution is 8.00. The Kier molecular flexibility index (Phi) is 5.78. The molecule has 0 aliphatic rings. The Morgan fingerprint density at radius 3 is 2.57 bits per heavy atom. The summed E-state index contributed by atoms with van der Waals surface area (Å²) >= 11 is 1.31. The third kappa shape index (κ3) is 4.33. The standard InChI is InChI=1S/C18H19N3OS/c1-12-13(2)16(9-19)18(21-14(12)3)23-11-17(22)20-10-15-7-5-4-6-8-15/h4-8H,10-11H2,1-3H3,(H,20,22). The summed E-state index contributed by atoms with van der Waals surface area (Å²) in [6.07, 6.45) is 0. The van der Waals surface area contributed by atoms with Crippen LogP contribution in [0.5, 0.6) is 0 Å². The number of carbonyl (C=O) groups is 1. The number of nitriles is 1. The fraction of sp³-hybridized carbons (Fsp3) is 0.278. The normalized spacial score (nSPS) is 10.2. The van der Waals surface area contributed by atoms with Gasteiger partial charge in [0.2, 0.25) is 5.91 Å². The smallest absolute Gasteiger partial charge is 0.230 e. The second-order valence-corrected chi connectivity index (χ2v) is 6.25. The van der Waals surface area contributed by atoms with Gasteiger partial charge in [-0.25, -0.2) is 4.98 Å². The van der Waals surface area contributed by atoms with Crippen LogP contribution < -0.4 is 5.32 Å². The summed E-state index contributed by atoms with van der Waals surface area (Å²) < 4.78 is 0. The Morgan fingerprint density at radius 1 is 1.22 bits per heavy atom. The quantitative estimate of drug-likeness (QED) is 0.857. The van der Waals surface area contributed by atoms with E-state index in [0.29, 0.717) is 17.1 Å². The van der Waals surface area contributed by atoms with Crippen LogP contribution in [-0.2, 0) is 11.3 Å². The predicted octanol–water partition coefficient (Wildman–Crippen LogP) is 3.29. The van der Waals surface area contributed by atoms with Crippen molar-refractivity contribution in [1.82, 2.24) is 10.3 Å². The molecule has 1 N–H and O–H groups in total. The van der Waals surface area contributed by atoms with E-state index in [2.05, 4.69) is 16.4 Å². The Balaban J connectivity index is 1.98. The van der Waals surface area contributed by atoms with Crippen LogP contribution in [0, 0.1) is 32.1 Å². The molecule has 0 unspecified atom stereocenters. The van der Waals surface area contributed by atoms with Gasteiger partial charge in [-0.2, -0.15) is 5.26 Å². The first-order chi connectivity index (χ1) is 11.0. The first-order valence-electron chi connectivity index (χ1n) is 7.34. The van der Waals surface area contributed by atoms with Crippen LogP contribution >= 0.6 is 11.8 Å².